The highest BCUT2D eigenvalue weighted by atomic mass is 16.1. The van der Waals surface area contributed by atoms with Crippen LogP contribution < -0.4 is 0 Å². The normalized spacial score (nSPS) is 21.8. The van der Waals surface area contributed by atoms with Crippen molar-refractivity contribution in [1.29, 1.82) is 0 Å². The minimum atomic E-state index is 0.347. The maximum Gasteiger partial charge on any atom is 0.130 e. The number of carbonyl (C=O) groups is 1. The van der Waals surface area contributed by atoms with Crippen molar-refractivity contribution < 1.29 is 4.79 Å². The molecule has 0 heterocycles. The molecule has 1 fully saturated rings. The molecule has 0 aliphatic heterocycles. The van der Waals surface area contributed by atoms with E-state index in [1.807, 2.05) is 0 Å². The first kappa shape index (κ1) is 7.77. The Kier molecular flexibility index (Phi) is 2.47. The van der Waals surface area contributed by atoms with E-state index in [0.717, 1.165) is 12.3 Å². The van der Waals surface area contributed by atoms with Gasteiger partial charge in [0.1, 0.15) is 5.78 Å². The van der Waals surface area contributed by atoms with Crippen LogP contribution in [0.4, 0.5) is 0 Å². The molecule has 0 radical (unpaired) electrons. The van der Waals surface area contributed by atoms with Crippen LogP contribution in [0.25, 0.3) is 0 Å². The van der Waals surface area contributed by atoms with Crippen LogP contribution in [-0.2, 0) is 4.79 Å². The van der Waals surface area contributed by atoms with Crippen LogP contribution in [0.2, 0.25) is 0 Å². The van der Waals surface area contributed by atoms with Crippen LogP contribution in [0.3, 0.4) is 0 Å². The average Bonchev–Trinajstić information content (AvgIpc) is 1.55. The summed E-state index contributed by atoms with van der Waals surface area (Å²) in [5.74, 6) is 1.86. The fourth-order valence-electron chi connectivity index (χ4n) is 1.63. The van der Waals surface area contributed by atoms with E-state index in [2.05, 4.69) is 6.92 Å². The summed E-state index contributed by atoms with van der Waals surface area (Å²) in [6.07, 6.45) is 4.89. The molecule has 1 aliphatic rings. The van der Waals surface area contributed by atoms with E-state index >= 15 is 0 Å². The van der Waals surface area contributed by atoms with Crippen molar-refractivity contribution in [2.24, 2.45) is 11.8 Å². The molecule has 0 amide bonds. The summed E-state index contributed by atoms with van der Waals surface area (Å²) < 4.78 is 0. The van der Waals surface area contributed by atoms with Gasteiger partial charge in [0.05, 0.1) is 0 Å². The molecular weight excluding hydrogens is 124 g/mol. The van der Waals surface area contributed by atoms with E-state index in [0.29, 0.717) is 11.7 Å². The van der Waals surface area contributed by atoms with Gasteiger partial charge in [-0.05, 0) is 18.8 Å². The minimum absolute atomic E-state index is 0.347. The summed E-state index contributed by atoms with van der Waals surface area (Å²) in [5, 5.41) is 0. The first-order valence-electron chi connectivity index (χ1n) is 4.19. The molecule has 1 aliphatic carbocycles. The molecule has 0 aromatic rings. The van der Waals surface area contributed by atoms with Crippen molar-refractivity contribution in [2.75, 3.05) is 0 Å². The molecule has 1 heteroatoms. The number of carbonyl (C=O) groups excluding carboxylic acids is 1. The van der Waals surface area contributed by atoms with Crippen LogP contribution in [0.15, 0.2) is 0 Å². The Morgan fingerprint density at radius 3 is 2.50 bits per heavy atom. The third-order valence-electron chi connectivity index (χ3n) is 2.56. The van der Waals surface area contributed by atoms with Crippen LogP contribution in [0.5, 0.6) is 0 Å². The molecule has 1 unspecified atom stereocenters. The van der Waals surface area contributed by atoms with Gasteiger partial charge >= 0.3 is 0 Å². The molecule has 1 saturated carbocycles. The van der Waals surface area contributed by atoms with Gasteiger partial charge in [-0.3, -0.25) is 0 Å². The zero-order valence-corrected chi connectivity index (χ0v) is 6.89. The van der Waals surface area contributed by atoms with E-state index in [1.165, 1.54) is 19.3 Å². The lowest BCUT2D eigenvalue weighted by molar-refractivity contribution is -0.118. The second kappa shape index (κ2) is 3.18. The minimum Gasteiger partial charge on any atom is -0.300 e. The quantitative estimate of drug-likeness (QED) is 0.588. The Morgan fingerprint density at radius 1 is 1.60 bits per heavy atom. The SMILES string of the molecule is CC(=O)CC(C)C1CCC1. The highest BCUT2D eigenvalue weighted by Gasteiger charge is 2.24. The van der Waals surface area contributed by atoms with Gasteiger partial charge in [0.15, 0.2) is 0 Å². The summed E-state index contributed by atoms with van der Waals surface area (Å²) in [4.78, 5) is 10.7. The highest BCUT2D eigenvalue weighted by molar-refractivity contribution is 5.75. The molecule has 0 N–H and O–H groups in total. The van der Waals surface area contributed by atoms with E-state index in [-0.39, 0.29) is 0 Å². The third kappa shape index (κ3) is 1.83. The summed E-state index contributed by atoms with van der Waals surface area (Å²) >= 11 is 0. The Morgan fingerprint density at radius 2 is 2.20 bits per heavy atom. The van der Waals surface area contributed by atoms with Gasteiger partial charge < -0.3 is 4.79 Å². The maximum atomic E-state index is 10.7. The second-order valence-electron chi connectivity index (χ2n) is 3.57. The Bertz CT molecular complexity index is 125. The summed E-state index contributed by atoms with van der Waals surface area (Å²) in [6.45, 7) is 3.89. The topological polar surface area (TPSA) is 17.1 Å². The molecule has 58 valence electrons. The van der Waals surface area contributed by atoms with Crippen molar-refractivity contribution >= 4 is 5.78 Å². The Balaban J connectivity index is 2.19. The largest absolute Gasteiger partial charge is 0.300 e. The summed E-state index contributed by atoms with van der Waals surface area (Å²) in [7, 11) is 0. The molecule has 0 aromatic carbocycles. The summed E-state index contributed by atoms with van der Waals surface area (Å²) in [6, 6.07) is 0. The van der Waals surface area contributed by atoms with E-state index in [9.17, 15) is 4.79 Å². The Labute approximate surface area is 62.8 Å². The van der Waals surface area contributed by atoms with Gasteiger partial charge in [0.25, 0.3) is 0 Å². The van der Waals surface area contributed by atoms with Gasteiger partial charge in [-0.15, -0.1) is 0 Å². The molecule has 0 saturated heterocycles. The fraction of sp³-hybridized carbons (Fsp3) is 0.889. The lowest BCUT2D eigenvalue weighted by atomic mass is 9.75. The number of hydrogen-bond acceptors (Lipinski definition) is 1. The maximum absolute atomic E-state index is 10.7. The Hall–Kier alpha value is -0.330. The van der Waals surface area contributed by atoms with Crippen molar-refractivity contribution in [1.82, 2.24) is 0 Å². The van der Waals surface area contributed by atoms with E-state index in [1.54, 1.807) is 6.92 Å². The van der Waals surface area contributed by atoms with E-state index < -0.39 is 0 Å². The lowest BCUT2D eigenvalue weighted by Gasteiger charge is -2.30. The third-order valence-corrected chi connectivity index (χ3v) is 2.56. The zero-order valence-electron chi connectivity index (χ0n) is 6.89. The first-order chi connectivity index (χ1) is 4.70. The molecule has 1 atom stereocenters. The van der Waals surface area contributed by atoms with Gasteiger partial charge in [0, 0.05) is 6.42 Å². The molecule has 1 nitrogen and oxygen atoms in total. The fourth-order valence-corrected chi connectivity index (χ4v) is 1.63. The summed E-state index contributed by atoms with van der Waals surface area (Å²) in [5.41, 5.74) is 0. The molecular formula is C9H16O. The van der Waals surface area contributed by atoms with Crippen molar-refractivity contribution in [3.8, 4) is 0 Å². The molecule has 0 aromatic heterocycles. The van der Waals surface area contributed by atoms with Gasteiger partial charge in [-0.2, -0.15) is 0 Å². The molecule has 0 bridgehead atoms. The van der Waals surface area contributed by atoms with Gasteiger partial charge in [-0.1, -0.05) is 26.2 Å². The van der Waals surface area contributed by atoms with Crippen molar-refractivity contribution in [3.05, 3.63) is 0 Å². The van der Waals surface area contributed by atoms with Crippen LogP contribution in [0, 0.1) is 11.8 Å². The predicted octanol–water partition coefficient (Wildman–Crippen LogP) is 2.40. The monoisotopic (exact) mass is 140 g/mol. The van der Waals surface area contributed by atoms with Crippen LogP contribution in [-0.4, -0.2) is 5.78 Å². The first-order valence-corrected chi connectivity index (χ1v) is 4.19. The van der Waals surface area contributed by atoms with Crippen LogP contribution in [0.1, 0.15) is 39.5 Å². The molecule has 0 spiro atoms. The zero-order chi connectivity index (χ0) is 7.56. The van der Waals surface area contributed by atoms with E-state index in [4.69, 9.17) is 0 Å². The number of Topliss-reactive ketones (excluding diaryl/α,β-unsaturated/α-hetero) is 1. The standard InChI is InChI=1S/C9H16O/c1-7(6-8(2)10)9-4-3-5-9/h7,9H,3-6H2,1-2H3. The highest BCUT2D eigenvalue weighted by Crippen LogP contribution is 2.34. The number of rotatable bonds is 3. The molecule has 1 rings (SSSR count). The van der Waals surface area contributed by atoms with Crippen molar-refractivity contribution in [2.45, 2.75) is 39.5 Å². The average molecular weight is 140 g/mol. The number of ketones is 1. The number of hydrogen-bond donors (Lipinski definition) is 0. The smallest absolute Gasteiger partial charge is 0.130 e. The molecule has 10 heavy (non-hydrogen) atoms. The second-order valence-corrected chi connectivity index (χ2v) is 3.57. The van der Waals surface area contributed by atoms with Gasteiger partial charge in [-0.25, -0.2) is 0 Å². The van der Waals surface area contributed by atoms with Gasteiger partial charge in [0.2, 0.25) is 0 Å². The lowest BCUT2D eigenvalue weighted by Crippen LogP contribution is -2.21. The predicted molar refractivity (Wildman–Crippen MR) is 41.8 cm³/mol. The van der Waals surface area contributed by atoms with Crippen molar-refractivity contribution in [3.63, 3.8) is 0 Å². The van der Waals surface area contributed by atoms with Crippen LogP contribution >= 0.6 is 0 Å².